The molecule has 4 aromatic rings. The molecule has 1 aliphatic rings. The van der Waals surface area contributed by atoms with Gasteiger partial charge in [-0.25, -0.2) is 9.67 Å². The van der Waals surface area contributed by atoms with Gasteiger partial charge in [-0.1, -0.05) is 29.5 Å². The number of methoxy groups -OCH3 is 2. The number of ether oxygens (including phenoxy) is 2. The summed E-state index contributed by atoms with van der Waals surface area (Å²) in [6, 6.07) is 13.8. The number of Topliss-reactive ketones (excluding diaryl/α,β-unsaturated/α-hetero) is 1. The minimum absolute atomic E-state index is 0.00934. The summed E-state index contributed by atoms with van der Waals surface area (Å²) < 4.78 is 13.9. The fourth-order valence-corrected chi connectivity index (χ4v) is 5.19. The zero-order chi connectivity index (χ0) is 20.8. The van der Waals surface area contributed by atoms with Gasteiger partial charge >= 0.3 is 0 Å². The molecule has 1 atom stereocenters. The first-order valence-corrected chi connectivity index (χ1v) is 10.6. The predicted molar refractivity (Wildman–Crippen MR) is 116 cm³/mol. The number of nitrogens with zero attached hydrogens (tertiary/aromatic N) is 3. The molecular formula is C23H21N3O3S. The molecule has 5 rings (SSSR count). The zero-order valence-electron chi connectivity index (χ0n) is 17.0. The maximum Gasteiger partial charge on any atom is 0.211 e. The molecule has 7 heteroatoms. The number of aromatic nitrogens is 3. The summed E-state index contributed by atoms with van der Waals surface area (Å²) in [7, 11) is 3.27. The Balaban J connectivity index is 1.60. The van der Waals surface area contributed by atoms with Crippen molar-refractivity contribution < 1.29 is 14.3 Å². The Kier molecular flexibility index (Phi) is 4.55. The maximum atomic E-state index is 13.1. The second kappa shape index (κ2) is 7.25. The van der Waals surface area contributed by atoms with Crippen molar-refractivity contribution >= 4 is 27.3 Å². The highest BCUT2D eigenvalue weighted by Crippen LogP contribution is 2.40. The van der Waals surface area contributed by atoms with E-state index < -0.39 is 0 Å². The molecule has 30 heavy (non-hydrogen) atoms. The number of benzene rings is 2. The van der Waals surface area contributed by atoms with Crippen LogP contribution < -0.4 is 9.47 Å². The van der Waals surface area contributed by atoms with Gasteiger partial charge < -0.3 is 9.47 Å². The number of aryl methyl sites for hydroxylation is 1. The molecule has 0 saturated heterocycles. The van der Waals surface area contributed by atoms with Gasteiger partial charge in [-0.3, -0.25) is 4.79 Å². The van der Waals surface area contributed by atoms with Gasteiger partial charge in [0, 0.05) is 18.4 Å². The van der Waals surface area contributed by atoms with Crippen LogP contribution in [0.1, 0.15) is 39.6 Å². The summed E-state index contributed by atoms with van der Waals surface area (Å²) in [6.45, 7) is 1.90. The molecule has 152 valence electrons. The van der Waals surface area contributed by atoms with E-state index in [1.807, 2.05) is 48.0 Å². The minimum atomic E-state index is 0.00934. The van der Waals surface area contributed by atoms with E-state index in [1.165, 1.54) is 0 Å². The van der Waals surface area contributed by atoms with Crippen LogP contribution in [0.3, 0.4) is 0 Å². The molecule has 0 bridgehead atoms. The molecule has 6 nitrogen and oxygen atoms in total. The van der Waals surface area contributed by atoms with Gasteiger partial charge in [-0.05, 0) is 37.1 Å². The lowest BCUT2D eigenvalue weighted by Gasteiger charge is -2.24. The summed E-state index contributed by atoms with van der Waals surface area (Å²) >= 11 is 1.58. The second-order valence-corrected chi connectivity index (χ2v) is 8.43. The van der Waals surface area contributed by atoms with Gasteiger partial charge in [0.1, 0.15) is 11.5 Å². The van der Waals surface area contributed by atoms with Crippen molar-refractivity contribution in [3.05, 3.63) is 65.0 Å². The number of rotatable bonds is 4. The first kappa shape index (κ1) is 18.8. The van der Waals surface area contributed by atoms with Crippen LogP contribution in [0.5, 0.6) is 11.5 Å². The molecule has 1 aliphatic carbocycles. The van der Waals surface area contributed by atoms with E-state index in [9.17, 15) is 4.79 Å². The average Bonchev–Trinajstić information content (AvgIpc) is 3.34. The van der Waals surface area contributed by atoms with Crippen LogP contribution in [0.2, 0.25) is 0 Å². The summed E-state index contributed by atoms with van der Waals surface area (Å²) in [5.74, 6) is 1.59. The smallest absolute Gasteiger partial charge is 0.211 e. The number of hydrogen-bond acceptors (Lipinski definition) is 6. The van der Waals surface area contributed by atoms with Crippen molar-refractivity contribution in [1.82, 2.24) is 14.8 Å². The summed E-state index contributed by atoms with van der Waals surface area (Å²) in [4.78, 5) is 17.8. The summed E-state index contributed by atoms with van der Waals surface area (Å²) in [5, 5.41) is 5.49. The number of para-hydroxylation sites is 1. The van der Waals surface area contributed by atoms with E-state index in [2.05, 4.69) is 6.07 Å². The third-order valence-corrected chi connectivity index (χ3v) is 6.66. The van der Waals surface area contributed by atoms with Crippen molar-refractivity contribution in [1.29, 1.82) is 0 Å². The molecule has 0 amide bonds. The van der Waals surface area contributed by atoms with Crippen LogP contribution in [0.4, 0.5) is 0 Å². The Morgan fingerprint density at radius 2 is 1.93 bits per heavy atom. The highest BCUT2D eigenvalue weighted by molar-refractivity contribution is 7.20. The highest BCUT2D eigenvalue weighted by Gasteiger charge is 2.34. The predicted octanol–water partition coefficient (Wildman–Crippen LogP) is 4.72. The molecule has 2 heterocycles. The fourth-order valence-electron chi connectivity index (χ4n) is 4.24. The number of fused-ring (bicyclic) bond motifs is 2. The van der Waals surface area contributed by atoms with Crippen molar-refractivity contribution in [2.24, 2.45) is 0 Å². The van der Waals surface area contributed by atoms with Crippen LogP contribution in [0, 0.1) is 6.92 Å². The topological polar surface area (TPSA) is 66.2 Å². The highest BCUT2D eigenvalue weighted by atomic mass is 32.1. The third kappa shape index (κ3) is 2.97. The fraction of sp³-hybridized carbons (Fsp3) is 0.261. The standard InChI is InChI=1S/C23H21N3O3S/c1-13-22-18(26(25-13)23-24-17-6-4-5-7-21(17)30-23)10-14(11-19(22)27)16-9-8-15(28-2)12-20(16)29-3/h4-9,12,14H,10-11H2,1-3H3. The van der Waals surface area contributed by atoms with Gasteiger partial charge in [0.15, 0.2) is 5.78 Å². The van der Waals surface area contributed by atoms with Crippen LogP contribution in [-0.4, -0.2) is 34.8 Å². The Morgan fingerprint density at radius 1 is 1.10 bits per heavy atom. The van der Waals surface area contributed by atoms with Crippen molar-refractivity contribution in [2.45, 2.75) is 25.7 Å². The number of carbonyl (C=O) groups is 1. The second-order valence-electron chi connectivity index (χ2n) is 7.42. The van der Waals surface area contributed by atoms with Gasteiger partial charge in [0.2, 0.25) is 5.13 Å². The first-order chi connectivity index (χ1) is 14.6. The lowest BCUT2D eigenvalue weighted by Crippen LogP contribution is -2.21. The zero-order valence-corrected chi connectivity index (χ0v) is 17.8. The molecule has 0 radical (unpaired) electrons. The van der Waals surface area contributed by atoms with E-state index in [4.69, 9.17) is 19.6 Å². The Hall–Kier alpha value is -3.19. The normalized spacial score (nSPS) is 16.0. The molecule has 0 spiro atoms. The minimum Gasteiger partial charge on any atom is -0.497 e. The maximum absolute atomic E-state index is 13.1. The molecule has 1 unspecified atom stereocenters. The Morgan fingerprint density at radius 3 is 2.70 bits per heavy atom. The van der Waals surface area contributed by atoms with Gasteiger partial charge in [0.25, 0.3) is 0 Å². The van der Waals surface area contributed by atoms with Gasteiger partial charge in [-0.15, -0.1) is 0 Å². The quantitative estimate of drug-likeness (QED) is 0.479. The average molecular weight is 420 g/mol. The molecule has 0 saturated carbocycles. The number of ketones is 1. The van der Waals surface area contributed by atoms with Crippen LogP contribution >= 0.6 is 11.3 Å². The van der Waals surface area contributed by atoms with E-state index >= 15 is 0 Å². The van der Waals surface area contributed by atoms with Gasteiger partial charge in [-0.2, -0.15) is 5.10 Å². The first-order valence-electron chi connectivity index (χ1n) is 9.78. The number of hydrogen-bond donors (Lipinski definition) is 0. The van der Waals surface area contributed by atoms with E-state index in [0.29, 0.717) is 12.8 Å². The van der Waals surface area contributed by atoms with Crippen LogP contribution in [0.15, 0.2) is 42.5 Å². The van der Waals surface area contributed by atoms with E-state index in [-0.39, 0.29) is 11.7 Å². The molecule has 0 N–H and O–H groups in total. The molecule has 2 aromatic heterocycles. The molecular weight excluding hydrogens is 398 g/mol. The lowest BCUT2D eigenvalue weighted by atomic mass is 9.81. The lowest BCUT2D eigenvalue weighted by molar-refractivity contribution is 0.0963. The summed E-state index contributed by atoms with van der Waals surface area (Å²) in [6.07, 6.45) is 1.13. The van der Waals surface area contributed by atoms with E-state index in [1.54, 1.807) is 25.6 Å². The number of thiazole rings is 1. The Labute approximate surface area is 178 Å². The molecule has 0 fully saturated rings. The largest absolute Gasteiger partial charge is 0.497 e. The van der Waals surface area contributed by atoms with E-state index in [0.717, 1.165) is 49.4 Å². The molecule has 0 aliphatic heterocycles. The molecule has 2 aromatic carbocycles. The van der Waals surface area contributed by atoms with Crippen LogP contribution in [0.25, 0.3) is 15.3 Å². The van der Waals surface area contributed by atoms with Crippen LogP contribution in [-0.2, 0) is 6.42 Å². The summed E-state index contributed by atoms with van der Waals surface area (Å²) in [5.41, 5.74) is 4.36. The SMILES string of the molecule is COc1ccc(C2CC(=O)c3c(C)nn(-c4nc5ccccc5s4)c3C2)c(OC)c1. The van der Waals surface area contributed by atoms with Crippen molar-refractivity contribution in [3.63, 3.8) is 0 Å². The van der Waals surface area contributed by atoms with Crippen molar-refractivity contribution in [3.8, 4) is 16.6 Å². The number of carbonyl (C=O) groups excluding carboxylic acids is 1. The monoisotopic (exact) mass is 419 g/mol. The van der Waals surface area contributed by atoms with Crippen molar-refractivity contribution in [2.75, 3.05) is 14.2 Å². The third-order valence-electron chi connectivity index (χ3n) is 5.65. The van der Waals surface area contributed by atoms with Gasteiger partial charge in [0.05, 0.1) is 41.4 Å². The Bertz CT molecular complexity index is 1240.